The van der Waals surface area contributed by atoms with Crippen molar-refractivity contribution in [3.05, 3.63) is 104 Å². The molecule has 6 rings (SSSR count). The highest BCUT2D eigenvalue weighted by Crippen LogP contribution is 2.42. The second kappa shape index (κ2) is 9.13. The zero-order chi connectivity index (χ0) is 25.0. The Hall–Kier alpha value is -2.46. The molecule has 0 aliphatic carbocycles. The fraction of sp³-hybridized carbons (Fsp3) is 0.273. The Morgan fingerprint density at radius 2 is 1.58 bits per heavy atom. The third-order valence-corrected chi connectivity index (χ3v) is 11.3. The molecule has 1 atom stereocenters. The molecule has 0 saturated carbocycles. The third-order valence-electron chi connectivity index (χ3n) is 7.65. The molecule has 182 valence electrons. The molecule has 0 radical (unpaired) electrons. The Balaban J connectivity index is 1.28. The van der Waals surface area contributed by atoms with Gasteiger partial charge in [-0.2, -0.15) is 0 Å². The van der Waals surface area contributed by atoms with E-state index in [0.29, 0.717) is 11.8 Å². The van der Waals surface area contributed by atoms with Gasteiger partial charge in [0.1, 0.15) is 0 Å². The number of hydrogen-bond donors (Lipinski definition) is 0. The van der Waals surface area contributed by atoms with Gasteiger partial charge in [-0.1, -0.05) is 77.1 Å². The van der Waals surface area contributed by atoms with Crippen LogP contribution in [0.5, 0.6) is 0 Å². The van der Waals surface area contributed by atoms with E-state index in [0.717, 1.165) is 6.42 Å². The van der Waals surface area contributed by atoms with Gasteiger partial charge in [-0.15, -0.1) is 34.0 Å². The molecule has 36 heavy (non-hydrogen) atoms. The van der Waals surface area contributed by atoms with Crippen LogP contribution in [0.1, 0.15) is 72.9 Å². The van der Waals surface area contributed by atoms with Crippen molar-refractivity contribution in [3.63, 3.8) is 0 Å². The maximum atomic E-state index is 2.44. The van der Waals surface area contributed by atoms with E-state index in [4.69, 9.17) is 0 Å². The lowest BCUT2D eigenvalue weighted by Crippen LogP contribution is -2.17. The quantitative estimate of drug-likeness (QED) is 0.203. The zero-order valence-corrected chi connectivity index (χ0v) is 24.0. The monoisotopic (exact) mass is 524 g/mol. The summed E-state index contributed by atoms with van der Waals surface area (Å²) in [6, 6.07) is 25.4. The summed E-state index contributed by atoms with van der Waals surface area (Å²) >= 11 is 5.74. The molecule has 0 N–H and O–H groups in total. The van der Waals surface area contributed by atoms with Gasteiger partial charge in [-0.3, -0.25) is 0 Å². The first kappa shape index (κ1) is 23.9. The summed E-state index contributed by atoms with van der Waals surface area (Å²) in [5.41, 5.74) is 4.29. The van der Waals surface area contributed by atoms with Gasteiger partial charge < -0.3 is 0 Å². The van der Waals surface area contributed by atoms with Crippen LogP contribution >= 0.6 is 34.0 Å². The first-order valence-electron chi connectivity index (χ1n) is 12.8. The second-order valence-corrected chi connectivity index (χ2v) is 13.9. The molecule has 0 bridgehead atoms. The highest BCUT2D eigenvalue weighted by atomic mass is 32.1. The number of rotatable bonds is 6. The Kier molecular flexibility index (Phi) is 6.06. The van der Waals surface area contributed by atoms with Crippen LogP contribution in [0.2, 0.25) is 0 Å². The zero-order valence-electron chi connectivity index (χ0n) is 21.6. The van der Waals surface area contributed by atoms with Crippen LogP contribution in [0.4, 0.5) is 0 Å². The Labute approximate surface area is 226 Å². The molecule has 0 saturated heterocycles. The van der Waals surface area contributed by atoms with Crippen LogP contribution in [-0.2, 0) is 11.8 Å². The molecule has 0 spiro atoms. The number of hydrogen-bond acceptors (Lipinski definition) is 3. The van der Waals surface area contributed by atoms with Crippen molar-refractivity contribution in [3.8, 4) is 0 Å². The van der Waals surface area contributed by atoms with E-state index in [2.05, 4.69) is 112 Å². The fourth-order valence-electron chi connectivity index (χ4n) is 5.42. The number of benzene rings is 3. The minimum atomic E-state index is -0.0271. The molecule has 3 heteroatoms. The van der Waals surface area contributed by atoms with E-state index >= 15 is 0 Å². The minimum absolute atomic E-state index is 0.0271. The normalized spacial score (nSPS) is 13.4. The van der Waals surface area contributed by atoms with Crippen LogP contribution in [-0.4, -0.2) is 0 Å². The highest BCUT2D eigenvalue weighted by molar-refractivity contribution is 7.19. The van der Waals surface area contributed by atoms with E-state index in [-0.39, 0.29) is 5.41 Å². The fourth-order valence-corrected chi connectivity index (χ4v) is 8.88. The van der Waals surface area contributed by atoms with Gasteiger partial charge in [0.15, 0.2) is 0 Å². The molecular formula is C33H32S3. The average molecular weight is 525 g/mol. The first-order valence-corrected chi connectivity index (χ1v) is 15.4. The van der Waals surface area contributed by atoms with Crippen LogP contribution in [0.25, 0.3) is 30.9 Å². The van der Waals surface area contributed by atoms with E-state index in [1.807, 2.05) is 34.0 Å². The topological polar surface area (TPSA) is 0 Å². The largest absolute Gasteiger partial charge is 0.147 e. The Morgan fingerprint density at radius 3 is 2.42 bits per heavy atom. The average Bonchev–Trinajstić information content (AvgIpc) is 3.59. The third kappa shape index (κ3) is 4.12. The van der Waals surface area contributed by atoms with E-state index in [9.17, 15) is 0 Å². The van der Waals surface area contributed by atoms with Crippen molar-refractivity contribution in [1.82, 2.24) is 0 Å². The summed E-state index contributed by atoms with van der Waals surface area (Å²) in [7, 11) is 0. The van der Waals surface area contributed by atoms with Crippen LogP contribution < -0.4 is 0 Å². The van der Waals surface area contributed by atoms with Crippen molar-refractivity contribution < 1.29 is 0 Å². The minimum Gasteiger partial charge on any atom is -0.147 e. The van der Waals surface area contributed by atoms with E-state index < -0.39 is 0 Å². The van der Waals surface area contributed by atoms with Crippen molar-refractivity contribution >= 4 is 65.0 Å². The molecule has 6 aromatic rings. The van der Waals surface area contributed by atoms with Crippen LogP contribution in [0.3, 0.4) is 0 Å². The molecule has 3 heterocycles. The molecule has 1 unspecified atom stereocenters. The lowest BCUT2D eigenvalue weighted by Gasteiger charge is -2.25. The Bertz CT molecular complexity index is 1690. The standard InChI is InChI=1S/C33H32S3/c1-20(2)28-19-34-31-15-22(10-12-27(28)31)14-21(3)30-17-24-16-25(11-13-29(24)36-30)33(4,5)32-26-9-7-6-8-23(26)18-35-32/h6-13,15-21H,14H2,1-5H3. The van der Waals surface area contributed by atoms with Crippen molar-refractivity contribution in [2.75, 3.05) is 0 Å². The first-order chi connectivity index (χ1) is 17.3. The molecule has 0 aliphatic rings. The predicted octanol–water partition coefficient (Wildman–Crippen LogP) is 11.1. The van der Waals surface area contributed by atoms with E-state index in [1.165, 1.54) is 57.4 Å². The van der Waals surface area contributed by atoms with Crippen molar-refractivity contribution in [2.24, 2.45) is 0 Å². The van der Waals surface area contributed by atoms with Crippen molar-refractivity contribution in [2.45, 2.75) is 58.3 Å². The molecule has 0 nitrogen and oxygen atoms in total. The summed E-state index contributed by atoms with van der Waals surface area (Å²) in [5.74, 6) is 1.08. The molecule has 3 aromatic carbocycles. The highest BCUT2D eigenvalue weighted by Gasteiger charge is 2.27. The Morgan fingerprint density at radius 1 is 0.750 bits per heavy atom. The van der Waals surface area contributed by atoms with Gasteiger partial charge in [-0.05, 0) is 91.5 Å². The lowest BCUT2D eigenvalue weighted by molar-refractivity contribution is 0.662. The van der Waals surface area contributed by atoms with Gasteiger partial charge >= 0.3 is 0 Å². The summed E-state index contributed by atoms with van der Waals surface area (Å²) in [6.07, 6.45) is 1.08. The summed E-state index contributed by atoms with van der Waals surface area (Å²) in [5, 5.41) is 10.2. The maximum absolute atomic E-state index is 2.44. The SMILES string of the molecule is CC(C)c1csc2cc(CC(C)c3cc4cc(C(C)(C)c5scc6ccccc56)ccc4s3)ccc12. The molecule has 3 aromatic heterocycles. The lowest BCUT2D eigenvalue weighted by atomic mass is 9.81. The molecule has 0 fully saturated rings. The van der Waals surface area contributed by atoms with Gasteiger partial charge in [0.25, 0.3) is 0 Å². The molecule has 0 amide bonds. The van der Waals surface area contributed by atoms with E-state index in [1.54, 1.807) is 0 Å². The van der Waals surface area contributed by atoms with Crippen LogP contribution in [0.15, 0.2) is 77.5 Å². The van der Waals surface area contributed by atoms with Gasteiger partial charge in [0, 0.05) is 24.6 Å². The number of fused-ring (bicyclic) bond motifs is 3. The number of thiophene rings is 3. The van der Waals surface area contributed by atoms with Gasteiger partial charge in [-0.25, -0.2) is 0 Å². The summed E-state index contributed by atoms with van der Waals surface area (Å²) in [6.45, 7) is 11.7. The van der Waals surface area contributed by atoms with Crippen LogP contribution in [0, 0.1) is 0 Å². The maximum Gasteiger partial charge on any atom is 0.0348 e. The smallest absolute Gasteiger partial charge is 0.0348 e. The predicted molar refractivity (Wildman–Crippen MR) is 164 cm³/mol. The molecular weight excluding hydrogens is 493 g/mol. The summed E-state index contributed by atoms with van der Waals surface area (Å²) < 4.78 is 2.82. The van der Waals surface area contributed by atoms with Gasteiger partial charge in [0.05, 0.1) is 0 Å². The van der Waals surface area contributed by atoms with Crippen molar-refractivity contribution in [1.29, 1.82) is 0 Å². The molecule has 0 aliphatic heterocycles. The van der Waals surface area contributed by atoms with Gasteiger partial charge in [0.2, 0.25) is 0 Å². The summed E-state index contributed by atoms with van der Waals surface area (Å²) in [4.78, 5) is 2.93. The second-order valence-electron chi connectivity index (χ2n) is 11.0.